The average Bonchev–Trinajstić information content (AvgIpc) is 2.78. The Balaban J connectivity index is 2.16. The van der Waals surface area contributed by atoms with Gasteiger partial charge >= 0.3 is 5.97 Å². The standard InChI is InChI=1S/C24H21FN2O4/c1-17(24(28)31-2)20-13-14-21(27(29)30)23(22(20)25)26(15-18-9-5-3-6-10-18)16-19-11-7-4-8-12-19/h3-14H,1,15-16H2,2H3. The van der Waals surface area contributed by atoms with Crippen LogP contribution in [-0.2, 0) is 22.6 Å². The van der Waals surface area contributed by atoms with Gasteiger partial charge in [0.05, 0.1) is 17.6 Å². The van der Waals surface area contributed by atoms with Crippen molar-refractivity contribution in [2.24, 2.45) is 0 Å². The van der Waals surface area contributed by atoms with Gasteiger partial charge in [0.25, 0.3) is 5.69 Å². The molecule has 0 heterocycles. The van der Waals surface area contributed by atoms with E-state index in [9.17, 15) is 14.9 Å². The Labute approximate surface area is 179 Å². The van der Waals surface area contributed by atoms with Gasteiger partial charge in [-0.15, -0.1) is 0 Å². The molecule has 3 aromatic rings. The van der Waals surface area contributed by atoms with Crippen molar-refractivity contribution >= 4 is 22.9 Å². The molecule has 0 aliphatic rings. The SMILES string of the molecule is C=C(C(=O)OC)c1ccc([N+](=O)[O-])c(N(Cc2ccccc2)Cc2ccccc2)c1F. The van der Waals surface area contributed by atoms with Gasteiger partial charge < -0.3 is 9.64 Å². The Morgan fingerprint density at radius 3 is 1.97 bits per heavy atom. The van der Waals surface area contributed by atoms with Crippen LogP contribution in [0.2, 0.25) is 0 Å². The number of benzene rings is 3. The summed E-state index contributed by atoms with van der Waals surface area (Å²) in [4.78, 5) is 24.6. The zero-order chi connectivity index (χ0) is 22.4. The fraction of sp³-hybridized carbons (Fsp3) is 0.125. The van der Waals surface area contributed by atoms with Crippen molar-refractivity contribution in [3.63, 3.8) is 0 Å². The summed E-state index contributed by atoms with van der Waals surface area (Å²) in [6.07, 6.45) is 0. The van der Waals surface area contributed by atoms with E-state index in [-0.39, 0.29) is 29.9 Å². The van der Waals surface area contributed by atoms with E-state index in [4.69, 9.17) is 0 Å². The van der Waals surface area contributed by atoms with Gasteiger partial charge in [-0.3, -0.25) is 10.1 Å². The molecule has 0 bridgehead atoms. The van der Waals surface area contributed by atoms with Crippen LogP contribution in [0.4, 0.5) is 15.8 Å². The van der Waals surface area contributed by atoms with Crippen LogP contribution < -0.4 is 4.90 Å². The van der Waals surface area contributed by atoms with E-state index in [1.165, 1.54) is 12.1 Å². The van der Waals surface area contributed by atoms with Crippen molar-refractivity contribution in [1.82, 2.24) is 0 Å². The first kappa shape index (κ1) is 21.7. The van der Waals surface area contributed by atoms with Crippen LogP contribution in [0.15, 0.2) is 79.4 Å². The molecule has 0 aliphatic carbocycles. The largest absolute Gasteiger partial charge is 0.465 e. The van der Waals surface area contributed by atoms with E-state index in [1.807, 2.05) is 60.7 Å². The average molecular weight is 420 g/mol. The minimum Gasteiger partial charge on any atom is -0.465 e. The number of nitro benzene ring substituents is 1. The Morgan fingerprint density at radius 1 is 1.00 bits per heavy atom. The highest BCUT2D eigenvalue weighted by Crippen LogP contribution is 2.37. The minimum absolute atomic E-state index is 0.140. The van der Waals surface area contributed by atoms with Crippen molar-refractivity contribution in [3.8, 4) is 0 Å². The van der Waals surface area contributed by atoms with Gasteiger partial charge in [0, 0.05) is 24.7 Å². The first-order valence-corrected chi connectivity index (χ1v) is 9.49. The molecule has 158 valence electrons. The van der Waals surface area contributed by atoms with E-state index in [0.29, 0.717) is 0 Å². The maximum absolute atomic E-state index is 15.7. The lowest BCUT2D eigenvalue weighted by Gasteiger charge is -2.26. The number of hydrogen-bond acceptors (Lipinski definition) is 5. The number of ether oxygens (including phenoxy) is 1. The van der Waals surface area contributed by atoms with Crippen molar-refractivity contribution in [2.75, 3.05) is 12.0 Å². The number of anilines is 1. The molecule has 0 saturated carbocycles. The molecule has 7 heteroatoms. The fourth-order valence-electron chi connectivity index (χ4n) is 3.29. The molecule has 0 fully saturated rings. The third kappa shape index (κ3) is 4.95. The van der Waals surface area contributed by atoms with E-state index >= 15 is 4.39 Å². The Hall–Kier alpha value is -4.00. The summed E-state index contributed by atoms with van der Waals surface area (Å²) in [5.74, 6) is -1.70. The number of esters is 1. The van der Waals surface area contributed by atoms with Crippen LogP contribution in [-0.4, -0.2) is 18.0 Å². The van der Waals surface area contributed by atoms with E-state index in [1.54, 1.807) is 4.90 Å². The maximum Gasteiger partial charge on any atom is 0.337 e. The molecule has 31 heavy (non-hydrogen) atoms. The number of hydrogen-bond donors (Lipinski definition) is 0. The fourth-order valence-corrected chi connectivity index (χ4v) is 3.29. The molecule has 3 rings (SSSR count). The Bertz CT molecular complexity index is 1060. The topological polar surface area (TPSA) is 72.7 Å². The Kier molecular flexibility index (Phi) is 6.77. The van der Waals surface area contributed by atoms with Gasteiger partial charge in [0.15, 0.2) is 11.5 Å². The highest BCUT2D eigenvalue weighted by Gasteiger charge is 2.29. The number of methoxy groups -OCH3 is 1. The molecule has 0 saturated heterocycles. The zero-order valence-corrected chi connectivity index (χ0v) is 17.0. The summed E-state index contributed by atoms with van der Waals surface area (Å²) in [5, 5.41) is 11.8. The van der Waals surface area contributed by atoms with Gasteiger partial charge in [-0.05, 0) is 17.2 Å². The quantitative estimate of drug-likeness (QED) is 0.219. The van der Waals surface area contributed by atoms with Crippen LogP contribution in [0.3, 0.4) is 0 Å². The molecule has 0 atom stereocenters. The summed E-state index contributed by atoms with van der Waals surface area (Å²) in [6.45, 7) is 4.04. The number of nitro groups is 1. The minimum atomic E-state index is -0.892. The number of carbonyl (C=O) groups is 1. The summed E-state index contributed by atoms with van der Waals surface area (Å²) in [5.41, 5.74) is 0.744. The maximum atomic E-state index is 15.7. The van der Waals surface area contributed by atoms with Gasteiger partial charge in [-0.25, -0.2) is 9.18 Å². The predicted molar refractivity (Wildman–Crippen MR) is 117 cm³/mol. The van der Waals surface area contributed by atoms with E-state index < -0.39 is 22.4 Å². The lowest BCUT2D eigenvalue weighted by Crippen LogP contribution is -2.25. The molecule has 0 radical (unpaired) electrons. The molecule has 0 amide bonds. The van der Waals surface area contributed by atoms with Crippen LogP contribution in [0, 0.1) is 15.9 Å². The van der Waals surface area contributed by atoms with E-state index in [2.05, 4.69) is 11.3 Å². The summed E-state index contributed by atoms with van der Waals surface area (Å²) in [6, 6.07) is 20.9. The summed E-state index contributed by atoms with van der Waals surface area (Å²) < 4.78 is 20.3. The van der Waals surface area contributed by atoms with Crippen LogP contribution in [0.5, 0.6) is 0 Å². The predicted octanol–water partition coefficient (Wildman–Crippen LogP) is 5.13. The van der Waals surface area contributed by atoms with Crippen LogP contribution in [0.1, 0.15) is 16.7 Å². The highest BCUT2D eigenvalue weighted by atomic mass is 19.1. The second kappa shape index (κ2) is 9.67. The molecular formula is C24H21FN2O4. The van der Waals surface area contributed by atoms with Gasteiger partial charge in [0.2, 0.25) is 0 Å². The first-order chi connectivity index (χ1) is 14.9. The highest BCUT2D eigenvalue weighted by molar-refractivity contribution is 6.16. The molecule has 0 spiro atoms. The van der Waals surface area contributed by atoms with Gasteiger partial charge in [-0.1, -0.05) is 67.2 Å². The molecule has 0 aromatic heterocycles. The third-order valence-corrected chi connectivity index (χ3v) is 4.80. The molecule has 0 unspecified atom stereocenters. The number of carbonyl (C=O) groups excluding carboxylic acids is 1. The van der Waals surface area contributed by atoms with Crippen LogP contribution in [0.25, 0.3) is 5.57 Å². The Morgan fingerprint density at radius 2 is 1.52 bits per heavy atom. The van der Waals surface area contributed by atoms with E-state index in [0.717, 1.165) is 18.2 Å². The lowest BCUT2D eigenvalue weighted by atomic mass is 10.0. The molecular weight excluding hydrogens is 399 g/mol. The number of halogens is 1. The molecule has 6 nitrogen and oxygen atoms in total. The van der Waals surface area contributed by atoms with Crippen molar-refractivity contribution in [1.29, 1.82) is 0 Å². The van der Waals surface area contributed by atoms with Gasteiger partial charge in [-0.2, -0.15) is 0 Å². The molecule has 0 aliphatic heterocycles. The van der Waals surface area contributed by atoms with Crippen LogP contribution >= 0.6 is 0 Å². The number of nitrogens with zero attached hydrogens (tertiary/aromatic N) is 2. The molecule has 3 aromatic carbocycles. The second-order valence-corrected chi connectivity index (χ2v) is 6.85. The smallest absolute Gasteiger partial charge is 0.337 e. The van der Waals surface area contributed by atoms with Crippen molar-refractivity contribution in [2.45, 2.75) is 13.1 Å². The van der Waals surface area contributed by atoms with Crippen molar-refractivity contribution < 1.29 is 18.8 Å². The normalized spacial score (nSPS) is 10.4. The van der Waals surface area contributed by atoms with Crippen molar-refractivity contribution in [3.05, 3.63) is 112 Å². The zero-order valence-electron chi connectivity index (χ0n) is 17.0. The lowest BCUT2D eigenvalue weighted by molar-refractivity contribution is -0.384. The first-order valence-electron chi connectivity index (χ1n) is 9.49. The molecule has 0 N–H and O–H groups in total. The van der Waals surface area contributed by atoms with Gasteiger partial charge in [0.1, 0.15) is 0 Å². The third-order valence-electron chi connectivity index (χ3n) is 4.80. The monoisotopic (exact) mass is 420 g/mol. The summed E-state index contributed by atoms with van der Waals surface area (Å²) in [7, 11) is 1.16. The second-order valence-electron chi connectivity index (χ2n) is 6.85. The summed E-state index contributed by atoms with van der Waals surface area (Å²) >= 11 is 0. The number of rotatable bonds is 8.